The Morgan fingerprint density at radius 1 is 1.00 bits per heavy atom. The van der Waals surface area contributed by atoms with Crippen LogP contribution < -0.4 is 17.2 Å². The summed E-state index contributed by atoms with van der Waals surface area (Å²) < 4.78 is 0. The van der Waals surface area contributed by atoms with E-state index < -0.39 is 11.4 Å². The van der Waals surface area contributed by atoms with Crippen molar-refractivity contribution in [1.82, 2.24) is 0 Å². The summed E-state index contributed by atoms with van der Waals surface area (Å²) >= 11 is 0. The van der Waals surface area contributed by atoms with Crippen LogP contribution in [0, 0.1) is 0 Å². The van der Waals surface area contributed by atoms with E-state index in [1.54, 1.807) is 54.6 Å². The largest absolute Gasteiger partial charge is 0.399 e. The van der Waals surface area contributed by atoms with Crippen molar-refractivity contribution in [1.29, 1.82) is 0 Å². The molecule has 0 spiro atoms. The molecule has 6 heteroatoms. The Balaban J connectivity index is 2.08. The minimum atomic E-state index is -2.44. The van der Waals surface area contributed by atoms with Crippen LogP contribution in [0.3, 0.4) is 0 Å². The fourth-order valence-corrected chi connectivity index (χ4v) is 2.68. The van der Waals surface area contributed by atoms with Crippen molar-refractivity contribution in [2.24, 2.45) is 11.5 Å². The molecule has 0 bridgehead atoms. The van der Waals surface area contributed by atoms with E-state index in [2.05, 4.69) is 0 Å². The van der Waals surface area contributed by atoms with Crippen LogP contribution in [0.2, 0.25) is 0 Å². The number of nitrogen functional groups attached to an aromatic ring is 1. The maximum atomic E-state index is 12.9. The number of benzene rings is 2. The second kappa shape index (κ2) is 5.94. The molecule has 0 aromatic heterocycles. The Labute approximate surface area is 144 Å². The van der Waals surface area contributed by atoms with Crippen molar-refractivity contribution < 1.29 is 15.0 Å². The van der Waals surface area contributed by atoms with Gasteiger partial charge in [0.15, 0.2) is 5.78 Å². The molecule has 0 fully saturated rings. The molecule has 2 aromatic rings. The molecule has 0 atom stereocenters. The summed E-state index contributed by atoms with van der Waals surface area (Å²) in [5.74, 6) is -2.67. The normalized spacial score (nSPS) is 17.8. The van der Waals surface area contributed by atoms with E-state index in [1.165, 1.54) is 6.08 Å². The van der Waals surface area contributed by atoms with Crippen LogP contribution in [0.1, 0.15) is 21.5 Å². The van der Waals surface area contributed by atoms with Gasteiger partial charge in [0.25, 0.3) is 0 Å². The highest BCUT2D eigenvalue weighted by Gasteiger charge is 2.42. The predicted molar refractivity (Wildman–Crippen MR) is 96.1 cm³/mol. The van der Waals surface area contributed by atoms with Crippen molar-refractivity contribution in [2.75, 3.05) is 5.73 Å². The molecule has 2 aromatic carbocycles. The number of allylic oxidation sites excluding steroid dienone is 2. The zero-order chi connectivity index (χ0) is 18.2. The molecular formula is C19H19N3O3. The summed E-state index contributed by atoms with van der Waals surface area (Å²) in [7, 11) is 0. The van der Waals surface area contributed by atoms with E-state index in [-0.39, 0.29) is 5.78 Å². The number of aliphatic hydroxyl groups is 2. The smallest absolute Gasteiger partial charge is 0.219 e. The molecule has 3 rings (SSSR count). The van der Waals surface area contributed by atoms with E-state index in [9.17, 15) is 15.0 Å². The maximum absolute atomic E-state index is 12.9. The van der Waals surface area contributed by atoms with Crippen LogP contribution in [0.5, 0.6) is 0 Å². The van der Waals surface area contributed by atoms with Gasteiger partial charge in [0.05, 0.1) is 0 Å². The van der Waals surface area contributed by atoms with Gasteiger partial charge in [-0.1, -0.05) is 42.5 Å². The van der Waals surface area contributed by atoms with Crippen LogP contribution >= 0.6 is 0 Å². The second-order valence-electron chi connectivity index (χ2n) is 6.09. The average Bonchev–Trinajstić information content (AvgIpc) is 2.57. The number of anilines is 1. The first-order valence-electron chi connectivity index (χ1n) is 7.65. The lowest BCUT2D eigenvalue weighted by Crippen LogP contribution is -2.65. The van der Waals surface area contributed by atoms with Crippen LogP contribution in [0.25, 0.3) is 5.57 Å². The highest BCUT2D eigenvalue weighted by Crippen LogP contribution is 2.31. The van der Waals surface area contributed by atoms with Crippen molar-refractivity contribution in [3.8, 4) is 0 Å². The minimum Gasteiger partial charge on any atom is -0.399 e. The Kier molecular flexibility index (Phi) is 4.06. The van der Waals surface area contributed by atoms with Gasteiger partial charge in [0, 0.05) is 16.8 Å². The number of rotatable bonds is 3. The summed E-state index contributed by atoms with van der Waals surface area (Å²) in [5, 5.41) is 20.2. The van der Waals surface area contributed by atoms with Gasteiger partial charge in [-0.2, -0.15) is 0 Å². The maximum Gasteiger partial charge on any atom is 0.219 e. The fourth-order valence-electron chi connectivity index (χ4n) is 2.68. The lowest BCUT2D eigenvalue weighted by molar-refractivity contribution is -0.156. The molecule has 0 amide bonds. The fraction of sp³-hybridized carbons (Fsp3) is 0.105. The Hall–Kier alpha value is -2.77. The highest BCUT2D eigenvalue weighted by molar-refractivity contribution is 6.12. The van der Waals surface area contributed by atoms with E-state index in [1.807, 2.05) is 0 Å². The molecule has 0 saturated carbocycles. The van der Waals surface area contributed by atoms with E-state index >= 15 is 0 Å². The number of carbonyl (C=O) groups excluding carboxylic acids is 1. The minimum absolute atomic E-state index is 0.226. The van der Waals surface area contributed by atoms with Gasteiger partial charge in [-0.3, -0.25) is 4.79 Å². The van der Waals surface area contributed by atoms with Crippen molar-refractivity contribution in [2.45, 2.75) is 11.4 Å². The first-order chi connectivity index (χ1) is 11.7. The van der Waals surface area contributed by atoms with Gasteiger partial charge in [-0.15, -0.1) is 0 Å². The molecule has 0 saturated heterocycles. The first-order valence-corrected chi connectivity index (χ1v) is 7.65. The standard InChI is InChI=1S/C19H19N3O3/c20-14-5-3-4-12(10-14)17(23)16-7-2-1-6-15(16)13-8-9-18(21,22)19(24,25)11-13/h1-11,24-25H,20-22H2. The molecule has 1 aliphatic carbocycles. The summed E-state index contributed by atoms with van der Waals surface area (Å²) in [6.07, 6.45) is 4.00. The van der Waals surface area contributed by atoms with Crippen molar-refractivity contribution in [3.63, 3.8) is 0 Å². The molecule has 0 aliphatic heterocycles. The van der Waals surface area contributed by atoms with Gasteiger partial charge in [0.2, 0.25) is 5.79 Å². The van der Waals surface area contributed by atoms with Gasteiger partial charge >= 0.3 is 0 Å². The molecule has 0 radical (unpaired) electrons. The number of hydrogen-bond acceptors (Lipinski definition) is 6. The zero-order valence-electron chi connectivity index (χ0n) is 13.4. The molecule has 25 heavy (non-hydrogen) atoms. The molecular weight excluding hydrogens is 318 g/mol. The number of hydrogen-bond donors (Lipinski definition) is 5. The molecule has 6 nitrogen and oxygen atoms in total. The summed E-state index contributed by atoms with van der Waals surface area (Å²) in [4.78, 5) is 12.9. The predicted octanol–water partition coefficient (Wildman–Crippen LogP) is 0.748. The molecule has 0 unspecified atom stereocenters. The SMILES string of the molecule is Nc1cccc(C(=O)c2ccccc2C2=CC(O)(O)C(N)(N)C=C2)c1. The Bertz CT molecular complexity index is 898. The van der Waals surface area contributed by atoms with Crippen LogP contribution in [0.15, 0.2) is 66.8 Å². The van der Waals surface area contributed by atoms with Crippen molar-refractivity contribution in [3.05, 3.63) is 83.4 Å². The van der Waals surface area contributed by atoms with Gasteiger partial charge in [-0.05, 0) is 35.4 Å². The lowest BCUT2D eigenvalue weighted by Gasteiger charge is -2.36. The second-order valence-corrected chi connectivity index (χ2v) is 6.09. The van der Waals surface area contributed by atoms with Gasteiger partial charge in [-0.25, -0.2) is 0 Å². The summed E-state index contributed by atoms with van der Waals surface area (Å²) in [6, 6.07) is 13.5. The van der Waals surface area contributed by atoms with E-state index in [0.29, 0.717) is 28.0 Å². The zero-order valence-corrected chi connectivity index (χ0v) is 13.4. The average molecular weight is 337 g/mol. The molecule has 0 heterocycles. The number of ketones is 1. The summed E-state index contributed by atoms with van der Waals surface area (Å²) in [5.41, 5.74) is 17.6. The number of carbonyl (C=O) groups is 1. The molecule has 128 valence electrons. The van der Waals surface area contributed by atoms with Crippen LogP contribution in [-0.2, 0) is 0 Å². The van der Waals surface area contributed by atoms with Crippen LogP contribution in [-0.4, -0.2) is 27.4 Å². The molecule has 8 N–H and O–H groups in total. The third-order valence-electron chi connectivity index (χ3n) is 4.16. The number of nitrogens with two attached hydrogens (primary N) is 3. The van der Waals surface area contributed by atoms with Gasteiger partial charge in [0.1, 0.15) is 5.66 Å². The third kappa shape index (κ3) is 3.11. The molecule has 1 aliphatic rings. The van der Waals surface area contributed by atoms with Gasteiger partial charge < -0.3 is 27.4 Å². The van der Waals surface area contributed by atoms with E-state index in [0.717, 1.165) is 6.08 Å². The Morgan fingerprint density at radius 3 is 2.40 bits per heavy atom. The van der Waals surface area contributed by atoms with Crippen molar-refractivity contribution >= 4 is 17.0 Å². The topological polar surface area (TPSA) is 136 Å². The van der Waals surface area contributed by atoms with E-state index in [4.69, 9.17) is 17.2 Å². The Morgan fingerprint density at radius 2 is 1.72 bits per heavy atom. The summed E-state index contributed by atoms with van der Waals surface area (Å²) in [6.45, 7) is 0. The monoisotopic (exact) mass is 337 g/mol. The van der Waals surface area contributed by atoms with Crippen LogP contribution in [0.4, 0.5) is 5.69 Å². The highest BCUT2D eigenvalue weighted by atomic mass is 16.5. The quantitative estimate of drug-likeness (QED) is 0.318. The lowest BCUT2D eigenvalue weighted by atomic mass is 9.86. The first kappa shape index (κ1) is 17.1. The third-order valence-corrected chi connectivity index (χ3v) is 4.16.